The van der Waals surface area contributed by atoms with Gasteiger partial charge in [-0.25, -0.2) is 0 Å². The lowest BCUT2D eigenvalue weighted by Gasteiger charge is -2.36. The van der Waals surface area contributed by atoms with E-state index in [-0.39, 0.29) is 42.7 Å². The standard InChI is InChI=1S/C19H27Cl2N3O2.2ClH/c1-13(25)23-15-4-7-24(8-5-15)12-19-16(11-22-6-9-26-19)14-2-3-17(20)18(21)10-14;;/h2-3,10,15-16,19,22H,4-9,11-12H2,1H3,(H,23,25);2*1H. The van der Waals surface area contributed by atoms with Crippen LogP contribution < -0.4 is 10.6 Å². The number of likely N-dealkylation sites (tertiary alicyclic amines) is 1. The van der Waals surface area contributed by atoms with Crippen LogP contribution in [0.25, 0.3) is 0 Å². The molecule has 2 N–H and O–H groups in total. The van der Waals surface area contributed by atoms with Gasteiger partial charge in [0.2, 0.25) is 5.91 Å². The molecule has 2 atom stereocenters. The molecule has 2 aliphatic rings. The number of rotatable bonds is 4. The van der Waals surface area contributed by atoms with E-state index in [2.05, 4.69) is 15.5 Å². The van der Waals surface area contributed by atoms with Gasteiger partial charge in [-0.1, -0.05) is 29.3 Å². The Morgan fingerprint density at radius 2 is 1.96 bits per heavy atom. The van der Waals surface area contributed by atoms with Crippen molar-refractivity contribution in [2.75, 3.05) is 39.3 Å². The van der Waals surface area contributed by atoms with E-state index in [1.165, 1.54) is 0 Å². The third-order valence-corrected chi connectivity index (χ3v) is 5.97. The number of amides is 1. The number of nitrogens with zero attached hydrogens (tertiary/aromatic N) is 1. The van der Waals surface area contributed by atoms with Crippen LogP contribution in [0.15, 0.2) is 18.2 Å². The molecular weight excluding hydrogens is 444 g/mol. The molecule has 2 saturated heterocycles. The molecule has 160 valence electrons. The Bertz CT molecular complexity index is 627. The van der Waals surface area contributed by atoms with Crippen molar-refractivity contribution in [2.24, 2.45) is 0 Å². The number of piperidine rings is 1. The van der Waals surface area contributed by atoms with Crippen LogP contribution in [-0.2, 0) is 9.53 Å². The molecule has 28 heavy (non-hydrogen) atoms. The fourth-order valence-corrected chi connectivity index (χ4v) is 4.15. The molecule has 1 aromatic carbocycles. The molecule has 2 aliphatic heterocycles. The molecule has 0 bridgehead atoms. The van der Waals surface area contributed by atoms with E-state index in [9.17, 15) is 4.79 Å². The van der Waals surface area contributed by atoms with Crippen LogP contribution in [-0.4, -0.2) is 62.3 Å². The Hall–Kier alpha value is -0.270. The monoisotopic (exact) mass is 471 g/mol. The van der Waals surface area contributed by atoms with E-state index in [0.717, 1.165) is 51.1 Å². The molecule has 0 aliphatic carbocycles. The highest BCUT2D eigenvalue weighted by Crippen LogP contribution is 2.30. The summed E-state index contributed by atoms with van der Waals surface area (Å²) in [5.74, 6) is 0.293. The first-order chi connectivity index (χ1) is 12.5. The Balaban J connectivity index is 0.00000196. The second-order valence-electron chi connectivity index (χ2n) is 7.17. The fraction of sp³-hybridized carbons (Fsp3) is 0.632. The summed E-state index contributed by atoms with van der Waals surface area (Å²) in [6.45, 7) is 6.87. The molecule has 3 rings (SSSR count). The Morgan fingerprint density at radius 3 is 2.61 bits per heavy atom. The topological polar surface area (TPSA) is 53.6 Å². The summed E-state index contributed by atoms with van der Waals surface area (Å²) < 4.78 is 6.18. The minimum Gasteiger partial charge on any atom is -0.375 e. The third-order valence-electron chi connectivity index (χ3n) is 5.23. The van der Waals surface area contributed by atoms with E-state index in [0.29, 0.717) is 22.7 Å². The molecule has 0 aromatic heterocycles. The van der Waals surface area contributed by atoms with Crippen LogP contribution in [0.5, 0.6) is 0 Å². The quantitative estimate of drug-likeness (QED) is 0.703. The predicted molar refractivity (Wildman–Crippen MR) is 120 cm³/mol. The number of hydrogen-bond acceptors (Lipinski definition) is 4. The Morgan fingerprint density at radius 1 is 1.25 bits per heavy atom. The average molecular weight is 473 g/mol. The van der Waals surface area contributed by atoms with Crippen LogP contribution in [0, 0.1) is 0 Å². The van der Waals surface area contributed by atoms with Gasteiger partial charge in [0, 0.05) is 51.6 Å². The molecule has 5 nitrogen and oxygen atoms in total. The van der Waals surface area contributed by atoms with E-state index >= 15 is 0 Å². The summed E-state index contributed by atoms with van der Waals surface area (Å²) in [6.07, 6.45) is 2.09. The average Bonchev–Trinajstić information content (AvgIpc) is 2.84. The number of ether oxygens (including phenoxy) is 1. The number of halogens is 4. The lowest BCUT2D eigenvalue weighted by molar-refractivity contribution is -0.120. The molecule has 0 spiro atoms. The van der Waals surface area contributed by atoms with Gasteiger partial charge in [0.05, 0.1) is 22.8 Å². The minimum absolute atomic E-state index is 0. The molecule has 2 unspecified atom stereocenters. The van der Waals surface area contributed by atoms with Crippen molar-refractivity contribution in [2.45, 2.75) is 37.8 Å². The zero-order valence-electron chi connectivity index (χ0n) is 16.0. The maximum absolute atomic E-state index is 11.2. The van der Waals surface area contributed by atoms with E-state index in [1.54, 1.807) is 6.92 Å². The molecule has 2 heterocycles. The van der Waals surface area contributed by atoms with Crippen LogP contribution in [0.1, 0.15) is 31.2 Å². The number of hydrogen-bond donors (Lipinski definition) is 2. The summed E-state index contributed by atoms with van der Waals surface area (Å²) in [6, 6.07) is 6.16. The first-order valence-electron chi connectivity index (χ1n) is 9.29. The van der Waals surface area contributed by atoms with Crippen molar-refractivity contribution in [1.82, 2.24) is 15.5 Å². The molecule has 0 radical (unpaired) electrons. The molecule has 1 aromatic rings. The molecule has 9 heteroatoms. The normalized spacial score (nSPS) is 23.8. The van der Waals surface area contributed by atoms with Gasteiger partial charge < -0.3 is 20.3 Å². The van der Waals surface area contributed by atoms with Crippen LogP contribution in [0.3, 0.4) is 0 Å². The molecule has 2 fully saturated rings. The number of nitrogens with one attached hydrogen (secondary N) is 2. The third kappa shape index (κ3) is 7.21. The van der Waals surface area contributed by atoms with Crippen LogP contribution in [0.2, 0.25) is 10.0 Å². The second kappa shape index (κ2) is 12.4. The molecule has 1 amide bonds. The maximum Gasteiger partial charge on any atom is 0.217 e. The lowest BCUT2D eigenvalue weighted by atomic mass is 9.92. The van der Waals surface area contributed by atoms with Gasteiger partial charge >= 0.3 is 0 Å². The maximum atomic E-state index is 11.2. The van der Waals surface area contributed by atoms with Crippen molar-refractivity contribution >= 4 is 53.9 Å². The predicted octanol–water partition coefficient (Wildman–Crippen LogP) is 3.51. The largest absolute Gasteiger partial charge is 0.375 e. The van der Waals surface area contributed by atoms with E-state index in [1.807, 2.05) is 18.2 Å². The first-order valence-corrected chi connectivity index (χ1v) is 10.0. The van der Waals surface area contributed by atoms with Crippen molar-refractivity contribution in [3.05, 3.63) is 33.8 Å². The highest BCUT2D eigenvalue weighted by molar-refractivity contribution is 6.42. The van der Waals surface area contributed by atoms with Gasteiger partial charge in [-0.05, 0) is 30.5 Å². The smallest absolute Gasteiger partial charge is 0.217 e. The molecule has 0 saturated carbocycles. The fourth-order valence-electron chi connectivity index (χ4n) is 3.84. The van der Waals surface area contributed by atoms with Crippen molar-refractivity contribution in [3.8, 4) is 0 Å². The summed E-state index contributed by atoms with van der Waals surface area (Å²) in [7, 11) is 0. The van der Waals surface area contributed by atoms with Gasteiger partial charge in [-0.15, -0.1) is 24.8 Å². The lowest BCUT2D eigenvalue weighted by Crippen LogP contribution is -2.47. The minimum atomic E-state index is 0. The van der Waals surface area contributed by atoms with Gasteiger partial charge in [0.15, 0.2) is 0 Å². The Kier molecular flexibility index (Phi) is 11.4. The van der Waals surface area contributed by atoms with Gasteiger partial charge in [0.25, 0.3) is 0 Å². The highest BCUT2D eigenvalue weighted by atomic mass is 35.5. The van der Waals surface area contributed by atoms with Gasteiger partial charge in [0.1, 0.15) is 0 Å². The van der Waals surface area contributed by atoms with Crippen LogP contribution in [0.4, 0.5) is 0 Å². The van der Waals surface area contributed by atoms with Crippen LogP contribution >= 0.6 is 48.0 Å². The van der Waals surface area contributed by atoms with Crippen molar-refractivity contribution < 1.29 is 9.53 Å². The zero-order chi connectivity index (χ0) is 18.5. The zero-order valence-corrected chi connectivity index (χ0v) is 19.1. The van der Waals surface area contributed by atoms with Gasteiger partial charge in [-0.2, -0.15) is 0 Å². The van der Waals surface area contributed by atoms with E-state index < -0.39 is 0 Å². The van der Waals surface area contributed by atoms with Gasteiger partial charge in [-0.3, -0.25) is 4.79 Å². The van der Waals surface area contributed by atoms with Crippen molar-refractivity contribution in [1.29, 1.82) is 0 Å². The summed E-state index contributed by atoms with van der Waals surface area (Å²) in [5.41, 5.74) is 1.16. The SMILES string of the molecule is CC(=O)NC1CCN(CC2OCCNCC2c2ccc(Cl)c(Cl)c2)CC1.Cl.Cl. The second-order valence-corrected chi connectivity index (χ2v) is 7.98. The Labute approximate surface area is 189 Å². The number of benzene rings is 1. The number of carbonyl (C=O) groups excluding carboxylic acids is 1. The highest BCUT2D eigenvalue weighted by Gasteiger charge is 2.30. The van der Waals surface area contributed by atoms with Crippen molar-refractivity contribution in [3.63, 3.8) is 0 Å². The molecular formula is C19H29Cl4N3O2. The summed E-state index contributed by atoms with van der Waals surface area (Å²) in [4.78, 5) is 13.7. The summed E-state index contributed by atoms with van der Waals surface area (Å²) >= 11 is 12.3. The summed E-state index contributed by atoms with van der Waals surface area (Å²) in [5, 5.41) is 7.65. The number of carbonyl (C=O) groups is 1. The van der Waals surface area contributed by atoms with E-state index in [4.69, 9.17) is 27.9 Å². The first kappa shape index (κ1) is 25.8.